The van der Waals surface area contributed by atoms with Gasteiger partial charge in [0.15, 0.2) is 0 Å². The smallest absolute Gasteiger partial charge is 0.338 e. The van der Waals surface area contributed by atoms with Crippen LogP contribution in [0.1, 0.15) is 40.1 Å². The second kappa shape index (κ2) is 11.1. The van der Waals surface area contributed by atoms with E-state index < -0.39 is 17.8 Å². The summed E-state index contributed by atoms with van der Waals surface area (Å²) in [7, 11) is 0. The minimum atomic E-state index is -0.601. The van der Waals surface area contributed by atoms with E-state index in [1.807, 2.05) is 19.1 Å². The second-order valence-corrected chi connectivity index (χ2v) is 8.45. The molecule has 9 heteroatoms. The zero-order valence-electron chi connectivity index (χ0n) is 20.2. The monoisotopic (exact) mass is 517 g/mol. The molecule has 0 bridgehead atoms. The number of halogens is 1. The van der Waals surface area contributed by atoms with Gasteiger partial charge in [0, 0.05) is 16.9 Å². The Morgan fingerprint density at radius 3 is 2.30 bits per heavy atom. The van der Waals surface area contributed by atoms with Crippen LogP contribution >= 0.6 is 11.6 Å². The molecular weight excluding hydrogens is 494 g/mol. The van der Waals surface area contributed by atoms with Crippen LogP contribution in [0.5, 0.6) is 0 Å². The van der Waals surface area contributed by atoms with Gasteiger partial charge in [-0.3, -0.25) is 14.4 Å². The van der Waals surface area contributed by atoms with E-state index in [-0.39, 0.29) is 23.2 Å². The maximum atomic E-state index is 13.1. The summed E-state index contributed by atoms with van der Waals surface area (Å²) >= 11 is 6.25. The fourth-order valence-electron chi connectivity index (χ4n) is 3.85. The van der Waals surface area contributed by atoms with Crippen molar-refractivity contribution in [2.24, 2.45) is 0 Å². The molecule has 3 aromatic rings. The molecule has 0 fully saturated rings. The molecule has 3 amide bonds. The van der Waals surface area contributed by atoms with Gasteiger partial charge < -0.3 is 15.4 Å². The van der Waals surface area contributed by atoms with E-state index in [0.717, 1.165) is 10.5 Å². The average Bonchev–Trinajstić information content (AvgIpc) is 3.12. The van der Waals surface area contributed by atoms with Crippen molar-refractivity contribution in [3.05, 3.63) is 100 Å². The van der Waals surface area contributed by atoms with E-state index in [0.29, 0.717) is 34.6 Å². The summed E-state index contributed by atoms with van der Waals surface area (Å²) < 4.78 is 4.99. The van der Waals surface area contributed by atoms with Crippen molar-refractivity contribution in [1.82, 2.24) is 0 Å². The van der Waals surface area contributed by atoms with Gasteiger partial charge in [0.25, 0.3) is 17.7 Å². The lowest BCUT2D eigenvalue weighted by Gasteiger charge is -2.18. The van der Waals surface area contributed by atoms with Crippen LogP contribution in [-0.2, 0) is 20.7 Å². The Morgan fingerprint density at radius 1 is 0.865 bits per heavy atom. The second-order valence-electron chi connectivity index (χ2n) is 8.07. The predicted molar refractivity (Wildman–Crippen MR) is 142 cm³/mol. The van der Waals surface area contributed by atoms with E-state index in [4.69, 9.17) is 16.3 Å². The predicted octanol–water partition coefficient (Wildman–Crippen LogP) is 5.11. The van der Waals surface area contributed by atoms with Crippen molar-refractivity contribution in [2.75, 3.05) is 22.1 Å². The number of ether oxygens (including phenoxy) is 1. The third kappa shape index (κ3) is 5.39. The van der Waals surface area contributed by atoms with Gasteiger partial charge in [0.1, 0.15) is 10.7 Å². The lowest BCUT2D eigenvalue weighted by Crippen LogP contribution is -2.33. The molecule has 0 unspecified atom stereocenters. The van der Waals surface area contributed by atoms with Gasteiger partial charge in [-0.05, 0) is 67.4 Å². The summed E-state index contributed by atoms with van der Waals surface area (Å²) in [6, 6.07) is 19.9. The molecule has 0 aromatic heterocycles. The van der Waals surface area contributed by atoms with Crippen LogP contribution in [-0.4, -0.2) is 30.3 Å². The number of hydrogen-bond donors (Lipinski definition) is 2. The topological polar surface area (TPSA) is 105 Å². The van der Waals surface area contributed by atoms with Crippen LogP contribution in [0.15, 0.2) is 83.5 Å². The molecule has 3 aromatic carbocycles. The van der Waals surface area contributed by atoms with Crippen molar-refractivity contribution in [2.45, 2.75) is 20.3 Å². The van der Waals surface area contributed by atoms with Gasteiger partial charge in [-0.15, -0.1) is 0 Å². The summed E-state index contributed by atoms with van der Waals surface area (Å²) in [5, 5.41) is 5.44. The molecule has 1 aliphatic heterocycles. The van der Waals surface area contributed by atoms with Crippen LogP contribution in [0, 0.1) is 0 Å². The molecule has 1 aliphatic rings. The SMILES string of the molecule is CCOC(=O)c1cccc(NC(=O)c2ccc(NC3=C(Cl)C(=O)N(c4ccccc4CC)C3=O)cc2)c1. The molecule has 2 N–H and O–H groups in total. The van der Waals surface area contributed by atoms with Crippen LogP contribution in [0.25, 0.3) is 0 Å². The van der Waals surface area contributed by atoms with Crippen LogP contribution < -0.4 is 15.5 Å². The molecule has 8 nitrogen and oxygen atoms in total. The Bertz CT molecular complexity index is 1420. The van der Waals surface area contributed by atoms with E-state index in [9.17, 15) is 19.2 Å². The zero-order valence-corrected chi connectivity index (χ0v) is 21.0. The van der Waals surface area contributed by atoms with Gasteiger partial charge in [0.2, 0.25) is 0 Å². The summed E-state index contributed by atoms with van der Waals surface area (Å²) in [5.41, 5.74) is 2.89. The number of aryl methyl sites for hydroxylation is 1. The number of nitrogens with one attached hydrogen (secondary N) is 2. The number of para-hydroxylation sites is 1. The summed E-state index contributed by atoms with van der Waals surface area (Å²) in [6.07, 6.45) is 0.643. The highest BCUT2D eigenvalue weighted by Gasteiger charge is 2.39. The Balaban J connectivity index is 1.46. The third-order valence-corrected chi connectivity index (χ3v) is 6.04. The molecule has 0 aliphatic carbocycles. The first-order chi connectivity index (χ1) is 17.8. The highest BCUT2D eigenvalue weighted by atomic mass is 35.5. The summed E-state index contributed by atoms with van der Waals surface area (Å²) in [4.78, 5) is 51.6. The molecule has 4 rings (SSSR count). The number of carbonyl (C=O) groups is 4. The molecule has 0 saturated heterocycles. The summed E-state index contributed by atoms with van der Waals surface area (Å²) in [5.74, 6) is -2.02. The minimum absolute atomic E-state index is 0.0365. The van der Waals surface area contributed by atoms with Crippen LogP contribution in [0.4, 0.5) is 17.1 Å². The van der Waals surface area contributed by atoms with Gasteiger partial charge in [-0.1, -0.05) is 42.8 Å². The minimum Gasteiger partial charge on any atom is -0.462 e. The molecule has 0 spiro atoms. The fraction of sp³-hybridized carbons (Fsp3) is 0.143. The van der Waals surface area contributed by atoms with Crippen LogP contribution in [0.3, 0.4) is 0 Å². The molecule has 37 heavy (non-hydrogen) atoms. The molecule has 0 atom stereocenters. The first-order valence-electron chi connectivity index (χ1n) is 11.7. The van der Waals surface area contributed by atoms with Crippen molar-refractivity contribution in [3.63, 3.8) is 0 Å². The van der Waals surface area contributed by atoms with Gasteiger partial charge in [0.05, 0.1) is 17.9 Å². The molecule has 188 valence electrons. The number of amides is 3. The van der Waals surface area contributed by atoms with Crippen molar-refractivity contribution in [3.8, 4) is 0 Å². The number of carbonyl (C=O) groups excluding carboxylic acids is 4. The Labute approximate surface area is 218 Å². The summed E-state index contributed by atoms with van der Waals surface area (Å²) in [6.45, 7) is 3.91. The van der Waals surface area contributed by atoms with Crippen LogP contribution in [0.2, 0.25) is 0 Å². The lowest BCUT2D eigenvalue weighted by molar-refractivity contribution is -0.120. The first-order valence-corrected chi connectivity index (χ1v) is 12.0. The lowest BCUT2D eigenvalue weighted by atomic mass is 10.1. The highest BCUT2D eigenvalue weighted by Crippen LogP contribution is 2.32. The molecule has 1 heterocycles. The largest absolute Gasteiger partial charge is 0.462 e. The normalized spacial score (nSPS) is 13.1. The number of imide groups is 1. The number of anilines is 3. The first kappa shape index (κ1) is 25.7. The fourth-order valence-corrected chi connectivity index (χ4v) is 4.06. The third-order valence-electron chi connectivity index (χ3n) is 5.69. The number of nitrogens with zero attached hydrogens (tertiary/aromatic N) is 1. The molecular formula is C28H24ClN3O5. The number of rotatable bonds is 8. The number of hydrogen-bond acceptors (Lipinski definition) is 6. The quantitative estimate of drug-likeness (QED) is 0.317. The zero-order chi connectivity index (χ0) is 26.5. The van der Waals surface area contributed by atoms with Crippen molar-refractivity contribution in [1.29, 1.82) is 0 Å². The number of benzene rings is 3. The standard InChI is InChI=1S/C28H24ClN3O5/c1-3-17-8-5-6-11-22(17)32-26(34)23(29)24(27(32)35)30-20-14-12-18(13-15-20)25(33)31-21-10-7-9-19(16-21)28(36)37-4-2/h5-16,30H,3-4H2,1-2H3,(H,31,33). The molecule has 0 radical (unpaired) electrons. The van der Waals surface area contributed by atoms with E-state index in [1.54, 1.807) is 61.5 Å². The number of esters is 1. The maximum absolute atomic E-state index is 13.1. The van der Waals surface area contributed by atoms with Gasteiger partial charge in [-0.2, -0.15) is 0 Å². The Hall–Kier alpha value is -4.43. The highest BCUT2D eigenvalue weighted by molar-refractivity contribution is 6.53. The Morgan fingerprint density at radius 2 is 1.59 bits per heavy atom. The Kier molecular flexibility index (Phi) is 7.69. The average molecular weight is 518 g/mol. The van der Waals surface area contributed by atoms with E-state index in [1.165, 1.54) is 6.07 Å². The van der Waals surface area contributed by atoms with Crippen molar-refractivity contribution >= 4 is 52.4 Å². The maximum Gasteiger partial charge on any atom is 0.338 e. The van der Waals surface area contributed by atoms with E-state index in [2.05, 4.69) is 10.6 Å². The van der Waals surface area contributed by atoms with Gasteiger partial charge >= 0.3 is 5.97 Å². The van der Waals surface area contributed by atoms with Crippen molar-refractivity contribution < 1.29 is 23.9 Å². The molecule has 0 saturated carbocycles. The van der Waals surface area contributed by atoms with Gasteiger partial charge in [-0.25, -0.2) is 9.69 Å². The van der Waals surface area contributed by atoms with E-state index >= 15 is 0 Å².